The van der Waals surface area contributed by atoms with Gasteiger partial charge in [-0.05, 0) is 18.2 Å². The number of esters is 2. The number of cyclic esters (lactones) is 1. The molecule has 1 aromatic carbocycles. The van der Waals surface area contributed by atoms with Gasteiger partial charge < -0.3 is 19.1 Å². The molecule has 2 aromatic heterocycles. The second-order valence-corrected chi connectivity index (χ2v) is 7.97. The lowest BCUT2D eigenvalue weighted by atomic mass is 9.85. The Morgan fingerprint density at radius 1 is 1.33 bits per heavy atom. The van der Waals surface area contributed by atoms with Crippen molar-refractivity contribution in [3.05, 3.63) is 67.5 Å². The summed E-state index contributed by atoms with van der Waals surface area (Å²) in [5.41, 5.74) is -0.349. The average Bonchev–Trinajstić information content (AvgIpc) is 3.12. The van der Waals surface area contributed by atoms with Crippen molar-refractivity contribution in [2.24, 2.45) is 0 Å². The van der Waals surface area contributed by atoms with Crippen LogP contribution in [0.5, 0.6) is 0 Å². The third-order valence-electron chi connectivity index (χ3n) is 5.96. The van der Waals surface area contributed by atoms with E-state index in [1.807, 2.05) is 0 Å². The number of carbonyl (C=O) groups excluding carboxylic acids is 2. The Labute approximate surface area is 185 Å². The second kappa shape index (κ2) is 7.20. The van der Waals surface area contributed by atoms with Gasteiger partial charge in [0.25, 0.3) is 11.2 Å². The highest BCUT2D eigenvalue weighted by atomic mass is 16.6. The first-order valence-electron chi connectivity index (χ1n) is 10.1. The molecule has 0 bridgehead atoms. The molecule has 1 atom stereocenters. The van der Waals surface area contributed by atoms with Gasteiger partial charge in [0.15, 0.2) is 5.60 Å². The van der Waals surface area contributed by atoms with Crippen molar-refractivity contribution in [1.82, 2.24) is 9.55 Å². The summed E-state index contributed by atoms with van der Waals surface area (Å²) in [7, 11) is 0. The van der Waals surface area contributed by atoms with Crippen molar-refractivity contribution in [3.8, 4) is 11.4 Å². The van der Waals surface area contributed by atoms with Gasteiger partial charge in [0.2, 0.25) is 0 Å². The number of hydrogen-bond acceptors (Lipinski definition) is 9. The molecule has 11 heteroatoms. The number of non-ortho nitro benzene ring substituents is 1. The molecular formula is C22H17N3O8. The first kappa shape index (κ1) is 20.8. The Hall–Kier alpha value is -4.12. The minimum Gasteiger partial charge on any atom is -0.466 e. The van der Waals surface area contributed by atoms with Crippen LogP contribution in [0.1, 0.15) is 30.0 Å². The molecule has 11 nitrogen and oxygen atoms in total. The molecule has 5 rings (SSSR count). The van der Waals surface area contributed by atoms with Crippen molar-refractivity contribution >= 4 is 28.5 Å². The summed E-state index contributed by atoms with van der Waals surface area (Å²) < 4.78 is 11.4. The molecule has 3 aromatic rings. The van der Waals surface area contributed by atoms with Crippen molar-refractivity contribution in [3.63, 3.8) is 0 Å². The Kier molecular flexibility index (Phi) is 4.53. The first-order valence-corrected chi connectivity index (χ1v) is 10.1. The number of nitro groups is 1. The summed E-state index contributed by atoms with van der Waals surface area (Å²) in [6.07, 6.45) is -0.275. The largest absolute Gasteiger partial charge is 0.466 e. The Morgan fingerprint density at radius 3 is 2.85 bits per heavy atom. The lowest BCUT2D eigenvalue weighted by molar-refractivity contribution is -0.384. The predicted molar refractivity (Wildman–Crippen MR) is 112 cm³/mol. The van der Waals surface area contributed by atoms with Gasteiger partial charge in [0.1, 0.15) is 6.61 Å². The first-order chi connectivity index (χ1) is 15.7. The molecule has 4 heterocycles. The van der Waals surface area contributed by atoms with Crippen molar-refractivity contribution in [2.75, 3.05) is 6.61 Å². The fourth-order valence-electron chi connectivity index (χ4n) is 4.33. The van der Waals surface area contributed by atoms with Gasteiger partial charge in [0, 0.05) is 42.0 Å². The van der Waals surface area contributed by atoms with Crippen LogP contribution in [0, 0.1) is 10.1 Å². The molecule has 0 fully saturated rings. The number of rotatable bonds is 4. The maximum absolute atomic E-state index is 13.2. The maximum Gasteiger partial charge on any atom is 0.343 e. The molecule has 0 unspecified atom stereocenters. The Balaban J connectivity index is 1.65. The number of benzene rings is 1. The lowest BCUT2D eigenvalue weighted by Crippen LogP contribution is -2.45. The van der Waals surface area contributed by atoms with Gasteiger partial charge in [-0.3, -0.25) is 19.7 Å². The van der Waals surface area contributed by atoms with Crippen LogP contribution in [0.25, 0.3) is 22.3 Å². The fourth-order valence-corrected chi connectivity index (χ4v) is 4.33. The van der Waals surface area contributed by atoms with E-state index >= 15 is 0 Å². The number of aromatic nitrogens is 2. The highest BCUT2D eigenvalue weighted by molar-refractivity contribution is 5.87. The summed E-state index contributed by atoms with van der Waals surface area (Å²) >= 11 is 0. The molecule has 33 heavy (non-hydrogen) atoms. The number of fused-ring (bicyclic) bond motifs is 5. The molecule has 0 saturated heterocycles. The van der Waals surface area contributed by atoms with E-state index in [1.54, 1.807) is 12.1 Å². The van der Waals surface area contributed by atoms with Crippen molar-refractivity contribution < 1.29 is 29.1 Å². The van der Waals surface area contributed by atoms with E-state index in [2.05, 4.69) is 4.98 Å². The third-order valence-corrected chi connectivity index (χ3v) is 5.96. The number of pyridine rings is 2. The highest BCUT2D eigenvalue weighted by Gasteiger charge is 2.46. The number of hydrogen-bond donors (Lipinski definition) is 1. The summed E-state index contributed by atoms with van der Waals surface area (Å²) in [4.78, 5) is 52.0. The SMILES string of the molecule is CC(=O)OCC[C@@]1(O)C(=O)OCc2c1cc1n(c2=O)Cc2cc3cc([N+](=O)[O-])ccc3nc2-1. The molecule has 2 aliphatic rings. The summed E-state index contributed by atoms with van der Waals surface area (Å²) in [5.74, 6) is -1.49. The van der Waals surface area contributed by atoms with Crippen molar-refractivity contribution in [1.29, 1.82) is 0 Å². The zero-order valence-electron chi connectivity index (χ0n) is 17.4. The topological polar surface area (TPSA) is 151 Å². The molecule has 0 spiro atoms. The summed E-state index contributed by atoms with van der Waals surface area (Å²) in [6.45, 7) is 0.859. The van der Waals surface area contributed by atoms with Gasteiger partial charge >= 0.3 is 11.9 Å². The minimum absolute atomic E-state index is 0.0686. The van der Waals surface area contributed by atoms with Crippen LogP contribution in [0.4, 0.5) is 5.69 Å². The van der Waals surface area contributed by atoms with Gasteiger partial charge in [-0.2, -0.15) is 0 Å². The number of carbonyl (C=O) groups is 2. The smallest absolute Gasteiger partial charge is 0.343 e. The molecule has 0 radical (unpaired) electrons. The maximum atomic E-state index is 13.2. The number of ether oxygens (including phenoxy) is 2. The van der Waals surface area contributed by atoms with E-state index in [1.165, 1.54) is 29.7 Å². The molecular weight excluding hydrogens is 434 g/mol. The van der Waals surface area contributed by atoms with Crippen molar-refractivity contribution in [2.45, 2.75) is 32.1 Å². The lowest BCUT2D eigenvalue weighted by Gasteiger charge is -2.32. The van der Waals surface area contributed by atoms with E-state index in [0.29, 0.717) is 27.9 Å². The second-order valence-electron chi connectivity index (χ2n) is 7.97. The molecule has 0 aliphatic carbocycles. The molecule has 2 aliphatic heterocycles. The molecule has 1 N–H and O–H groups in total. The third kappa shape index (κ3) is 3.16. The van der Waals surface area contributed by atoms with Crippen LogP contribution in [0.15, 0.2) is 35.1 Å². The van der Waals surface area contributed by atoms with E-state index in [0.717, 1.165) is 0 Å². The van der Waals surface area contributed by atoms with Gasteiger partial charge in [0.05, 0.1) is 40.5 Å². The minimum atomic E-state index is -2.15. The van der Waals surface area contributed by atoms with Crippen LogP contribution < -0.4 is 5.56 Å². The van der Waals surface area contributed by atoms with Gasteiger partial charge in [-0.1, -0.05) is 0 Å². The standard InChI is InChI=1S/C22H17N3O8/c1-11(26)32-5-4-22(29)16-8-18-19-13(9-24(18)20(27)15(16)10-33-21(22)28)6-12-7-14(25(30)31)2-3-17(12)23-19/h2-3,6-8,29H,4-5,9-10H2,1H3/t22-/m0/s1. The number of nitrogens with zero attached hydrogens (tertiary/aromatic N) is 3. The normalized spacial score (nSPS) is 18.3. The van der Waals surface area contributed by atoms with Gasteiger partial charge in [-0.15, -0.1) is 0 Å². The zero-order chi connectivity index (χ0) is 23.5. The molecule has 0 saturated carbocycles. The number of aliphatic hydroxyl groups is 1. The Morgan fingerprint density at radius 2 is 2.12 bits per heavy atom. The quantitative estimate of drug-likeness (QED) is 0.277. The van der Waals surface area contributed by atoms with E-state index < -0.39 is 28.0 Å². The van der Waals surface area contributed by atoms with Crippen LogP contribution in [0.3, 0.4) is 0 Å². The average molecular weight is 451 g/mol. The van der Waals surface area contributed by atoms with Crippen LogP contribution in [0.2, 0.25) is 0 Å². The van der Waals surface area contributed by atoms with Crippen LogP contribution in [-0.4, -0.2) is 38.1 Å². The monoisotopic (exact) mass is 451 g/mol. The fraction of sp³-hybridized carbons (Fsp3) is 0.273. The summed E-state index contributed by atoms with van der Waals surface area (Å²) in [6, 6.07) is 7.57. The Bertz CT molecular complexity index is 1440. The van der Waals surface area contributed by atoms with E-state index in [9.17, 15) is 29.6 Å². The summed E-state index contributed by atoms with van der Waals surface area (Å²) in [5, 5.41) is 22.8. The van der Waals surface area contributed by atoms with Gasteiger partial charge in [-0.25, -0.2) is 9.78 Å². The molecule has 168 valence electrons. The zero-order valence-corrected chi connectivity index (χ0v) is 17.4. The molecule has 0 amide bonds. The highest BCUT2D eigenvalue weighted by Crippen LogP contribution is 2.39. The van der Waals surface area contributed by atoms with Crippen LogP contribution >= 0.6 is 0 Å². The number of nitro benzene ring substituents is 1. The predicted octanol–water partition coefficient (Wildman–Crippen LogP) is 1.53. The van der Waals surface area contributed by atoms with E-state index in [4.69, 9.17) is 9.47 Å². The van der Waals surface area contributed by atoms with Crippen LogP contribution in [-0.2, 0) is 37.8 Å². The van der Waals surface area contributed by atoms with E-state index in [-0.39, 0.29) is 43.0 Å².